The molecule has 0 bridgehead atoms. The molecule has 2 heterocycles. The molecule has 0 saturated carbocycles. The van der Waals surface area contributed by atoms with Crippen molar-refractivity contribution in [2.24, 2.45) is 0 Å². The topological polar surface area (TPSA) is 107 Å². The van der Waals surface area contributed by atoms with Crippen LogP contribution in [-0.2, 0) is 11.2 Å². The van der Waals surface area contributed by atoms with Crippen LogP contribution in [0.4, 0.5) is 0 Å². The summed E-state index contributed by atoms with van der Waals surface area (Å²) in [5.41, 5.74) is 0.466. The molecular formula is C24H34N4O5. The molecule has 0 radical (unpaired) electrons. The fraction of sp³-hybridized carbons (Fsp3) is 0.583. The van der Waals surface area contributed by atoms with E-state index in [9.17, 15) is 9.59 Å². The van der Waals surface area contributed by atoms with E-state index in [4.69, 9.17) is 14.0 Å². The van der Waals surface area contributed by atoms with E-state index in [0.29, 0.717) is 54.8 Å². The van der Waals surface area contributed by atoms with Crippen LogP contribution < -0.4 is 14.8 Å². The van der Waals surface area contributed by atoms with Crippen molar-refractivity contribution in [1.82, 2.24) is 20.4 Å². The van der Waals surface area contributed by atoms with Crippen molar-refractivity contribution < 1.29 is 23.6 Å². The summed E-state index contributed by atoms with van der Waals surface area (Å²) in [6.45, 7) is 8.30. The summed E-state index contributed by atoms with van der Waals surface area (Å²) in [5, 5.41) is 6.84. The number of aryl methyl sites for hydroxylation is 1. The molecule has 0 aliphatic carbocycles. The van der Waals surface area contributed by atoms with E-state index < -0.39 is 0 Å². The minimum absolute atomic E-state index is 0.0271. The van der Waals surface area contributed by atoms with Gasteiger partial charge in [-0.3, -0.25) is 9.59 Å². The van der Waals surface area contributed by atoms with E-state index in [1.165, 1.54) is 6.42 Å². The molecular weight excluding hydrogens is 424 g/mol. The Balaban J connectivity index is 1.50. The minimum Gasteiger partial charge on any atom is -0.490 e. The van der Waals surface area contributed by atoms with Gasteiger partial charge in [0.15, 0.2) is 23.9 Å². The summed E-state index contributed by atoms with van der Waals surface area (Å²) in [4.78, 5) is 31.1. The number of benzene rings is 1. The second kappa shape index (κ2) is 12.2. The molecule has 1 N–H and O–H groups in total. The Morgan fingerprint density at radius 3 is 2.64 bits per heavy atom. The first kappa shape index (κ1) is 24.5. The number of nitrogens with zero attached hydrogens (tertiary/aromatic N) is 3. The van der Waals surface area contributed by atoms with E-state index in [1.54, 1.807) is 18.2 Å². The van der Waals surface area contributed by atoms with Crippen molar-refractivity contribution in [2.45, 2.75) is 58.8 Å². The molecule has 2 aromatic rings. The first-order chi connectivity index (χ1) is 16.0. The molecule has 2 amide bonds. The Morgan fingerprint density at radius 1 is 1.15 bits per heavy atom. The highest BCUT2D eigenvalue weighted by atomic mass is 16.5. The van der Waals surface area contributed by atoms with Crippen molar-refractivity contribution in [1.29, 1.82) is 0 Å². The Morgan fingerprint density at radius 2 is 1.94 bits per heavy atom. The van der Waals surface area contributed by atoms with Gasteiger partial charge in [-0.05, 0) is 50.8 Å². The van der Waals surface area contributed by atoms with Gasteiger partial charge >= 0.3 is 0 Å². The zero-order valence-electron chi connectivity index (χ0n) is 19.8. The summed E-state index contributed by atoms with van der Waals surface area (Å²) < 4.78 is 16.6. The fourth-order valence-electron chi connectivity index (χ4n) is 3.56. The molecule has 1 fully saturated rings. The van der Waals surface area contributed by atoms with Crippen molar-refractivity contribution >= 4 is 11.8 Å². The molecule has 3 rings (SSSR count). The van der Waals surface area contributed by atoms with Crippen molar-refractivity contribution in [2.75, 3.05) is 32.8 Å². The van der Waals surface area contributed by atoms with E-state index in [0.717, 1.165) is 25.9 Å². The number of aromatic nitrogens is 2. The maximum Gasteiger partial charge on any atom is 0.260 e. The maximum atomic E-state index is 12.6. The Bertz CT molecular complexity index is 921. The van der Waals surface area contributed by atoms with Crippen LogP contribution in [0.25, 0.3) is 0 Å². The van der Waals surface area contributed by atoms with Crippen LogP contribution in [0.1, 0.15) is 74.4 Å². The van der Waals surface area contributed by atoms with Crippen molar-refractivity contribution in [3.05, 3.63) is 35.5 Å². The molecule has 1 saturated heterocycles. The number of likely N-dealkylation sites (tertiary alicyclic amines) is 1. The van der Waals surface area contributed by atoms with Crippen molar-refractivity contribution in [3.8, 4) is 11.5 Å². The van der Waals surface area contributed by atoms with Gasteiger partial charge in [0.1, 0.15) is 0 Å². The third-order valence-electron chi connectivity index (χ3n) is 5.42. The highest BCUT2D eigenvalue weighted by Gasteiger charge is 2.18. The molecule has 0 unspecified atom stereocenters. The van der Waals surface area contributed by atoms with Gasteiger partial charge in [-0.15, -0.1) is 0 Å². The number of ether oxygens (including phenoxy) is 2. The van der Waals surface area contributed by atoms with Gasteiger partial charge in [0, 0.05) is 37.5 Å². The lowest BCUT2D eigenvalue weighted by atomic mass is 10.1. The van der Waals surface area contributed by atoms with Crippen molar-refractivity contribution in [3.63, 3.8) is 0 Å². The SMILES string of the molecule is CCOc1cc(C(=O)NCCCc2nc(C(C)C)no2)ccc1OCC(=O)N1CCCCC1. The predicted octanol–water partition coefficient (Wildman–Crippen LogP) is 3.35. The average molecular weight is 459 g/mol. The van der Waals surface area contributed by atoms with Gasteiger partial charge in [-0.25, -0.2) is 0 Å². The van der Waals surface area contributed by atoms with Gasteiger partial charge < -0.3 is 24.2 Å². The Labute approximate surface area is 194 Å². The number of amides is 2. The second-order valence-electron chi connectivity index (χ2n) is 8.39. The lowest BCUT2D eigenvalue weighted by Gasteiger charge is -2.26. The van der Waals surface area contributed by atoms with Crippen LogP contribution in [0.5, 0.6) is 11.5 Å². The van der Waals surface area contributed by atoms with Crippen LogP contribution in [0, 0.1) is 0 Å². The lowest BCUT2D eigenvalue weighted by molar-refractivity contribution is -0.134. The van der Waals surface area contributed by atoms with Crippen LogP contribution in [0.2, 0.25) is 0 Å². The summed E-state index contributed by atoms with van der Waals surface area (Å²) in [6.07, 6.45) is 4.52. The highest BCUT2D eigenvalue weighted by molar-refractivity contribution is 5.94. The number of piperidine rings is 1. The van der Waals surface area contributed by atoms with Crippen LogP contribution in [-0.4, -0.2) is 59.7 Å². The summed E-state index contributed by atoms with van der Waals surface area (Å²) in [6, 6.07) is 4.99. The average Bonchev–Trinajstić information content (AvgIpc) is 3.31. The number of carbonyl (C=O) groups is 2. The smallest absolute Gasteiger partial charge is 0.260 e. The molecule has 9 heteroatoms. The zero-order valence-corrected chi connectivity index (χ0v) is 19.8. The third kappa shape index (κ3) is 7.20. The third-order valence-corrected chi connectivity index (χ3v) is 5.42. The molecule has 180 valence electrons. The molecule has 0 spiro atoms. The van der Waals surface area contributed by atoms with Crippen LogP contribution in [0.3, 0.4) is 0 Å². The first-order valence-electron chi connectivity index (χ1n) is 11.8. The van der Waals surface area contributed by atoms with Crippen LogP contribution in [0.15, 0.2) is 22.7 Å². The Hall–Kier alpha value is -3.10. The zero-order chi connectivity index (χ0) is 23.6. The highest BCUT2D eigenvalue weighted by Crippen LogP contribution is 2.28. The monoisotopic (exact) mass is 458 g/mol. The normalized spacial score (nSPS) is 13.8. The predicted molar refractivity (Wildman–Crippen MR) is 123 cm³/mol. The molecule has 0 atom stereocenters. The van der Waals surface area contributed by atoms with Gasteiger partial charge in [-0.2, -0.15) is 4.98 Å². The summed E-state index contributed by atoms with van der Waals surface area (Å²) in [7, 11) is 0. The van der Waals surface area contributed by atoms with Gasteiger partial charge in [0.25, 0.3) is 11.8 Å². The van der Waals surface area contributed by atoms with Gasteiger partial charge in [0.2, 0.25) is 5.89 Å². The largest absolute Gasteiger partial charge is 0.490 e. The Kier molecular flexibility index (Phi) is 9.09. The molecule has 1 aliphatic heterocycles. The van der Waals surface area contributed by atoms with Gasteiger partial charge in [-0.1, -0.05) is 19.0 Å². The number of hydrogen-bond donors (Lipinski definition) is 1. The fourth-order valence-corrected chi connectivity index (χ4v) is 3.56. The molecule has 9 nitrogen and oxygen atoms in total. The molecule has 1 aromatic heterocycles. The number of hydrogen-bond acceptors (Lipinski definition) is 7. The lowest BCUT2D eigenvalue weighted by Crippen LogP contribution is -2.38. The summed E-state index contributed by atoms with van der Waals surface area (Å²) in [5.74, 6) is 2.15. The van der Waals surface area contributed by atoms with E-state index in [1.807, 2.05) is 25.7 Å². The number of rotatable bonds is 11. The summed E-state index contributed by atoms with van der Waals surface area (Å²) >= 11 is 0. The molecule has 1 aromatic carbocycles. The van der Waals surface area contributed by atoms with E-state index in [-0.39, 0.29) is 24.3 Å². The molecule has 33 heavy (non-hydrogen) atoms. The maximum absolute atomic E-state index is 12.6. The van der Waals surface area contributed by atoms with E-state index >= 15 is 0 Å². The standard InChI is InChI=1S/C24H34N4O5/c1-4-31-20-15-18(10-11-19(20)32-16-22(29)28-13-6-5-7-14-28)24(30)25-12-8-9-21-26-23(17(2)3)27-33-21/h10-11,15,17H,4-9,12-14,16H2,1-3H3,(H,25,30). The quantitative estimate of drug-likeness (QED) is 0.515. The minimum atomic E-state index is -0.208. The van der Waals surface area contributed by atoms with Gasteiger partial charge in [0.05, 0.1) is 6.61 Å². The second-order valence-corrected chi connectivity index (χ2v) is 8.39. The van der Waals surface area contributed by atoms with E-state index in [2.05, 4.69) is 15.5 Å². The molecule has 1 aliphatic rings. The number of carbonyl (C=O) groups excluding carboxylic acids is 2. The van der Waals surface area contributed by atoms with Crippen LogP contribution >= 0.6 is 0 Å². The number of nitrogens with one attached hydrogen (secondary N) is 1. The first-order valence-corrected chi connectivity index (χ1v) is 11.8.